The lowest BCUT2D eigenvalue weighted by atomic mass is 9.89. The fourth-order valence-corrected chi connectivity index (χ4v) is 3.31. The van der Waals surface area contributed by atoms with Gasteiger partial charge in [-0.3, -0.25) is 0 Å². The first kappa shape index (κ1) is 14.9. The first-order valence-corrected chi connectivity index (χ1v) is 8.60. The molecule has 1 aromatic rings. The summed E-state index contributed by atoms with van der Waals surface area (Å²) >= 11 is 1.83. The molecule has 1 saturated carbocycles. The molecule has 0 saturated heterocycles. The molecule has 0 spiro atoms. The van der Waals surface area contributed by atoms with Gasteiger partial charge in [-0.15, -0.1) is 0 Å². The van der Waals surface area contributed by atoms with E-state index in [4.69, 9.17) is 10.2 Å². The van der Waals surface area contributed by atoms with E-state index in [0.717, 1.165) is 48.6 Å². The Morgan fingerprint density at radius 1 is 1.21 bits per heavy atom. The van der Waals surface area contributed by atoms with Gasteiger partial charge in [0, 0.05) is 12.3 Å². The van der Waals surface area contributed by atoms with Crippen molar-refractivity contribution in [2.75, 3.05) is 18.8 Å². The van der Waals surface area contributed by atoms with Gasteiger partial charge in [-0.25, -0.2) is 0 Å². The lowest BCUT2D eigenvalue weighted by molar-refractivity contribution is 0.335. The van der Waals surface area contributed by atoms with Crippen molar-refractivity contribution in [1.82, 2.24) is 5.32 Å². The van der Waals surface area contributed by atoms with Gasteiger partial charge in [0.25, 0.3) is 0 Å². The summed E-state index contributed by atoms with van der Waals surface area (Å²) in [5, 5.41) is 3.53. The molecule has 1 aliphatic carbocycles. The molecule has 0 aromatic carbocycles. The maximum absolute atomic E-state index is 5.80. The molecule has 0 radical (unpaired) electrons. The Labute approximate surface area is 120 Å². The Morgan fingerprint density at radius 2 is 2.00 bits per heavy atom. The SMILES string of the molecule is NCCSCc1ccc(CNCC2CCCCC2)o1. The van der Waals surface area contributed by atoms with E-state index in [1.54, 1.807) is 0 Å². The molecule has 0 amide bonds. The molecule has 0 atom stereocenters. The second-order valence-corrected chi connectivity index (χ2v) is 6.45. The molecule has 1 fully saturated rings. The van der Waals surface area contributed by atoms with Gasteiger partial charge in [0.15, 0.2) is 0 Å². The van der Waals surface area contributed by atoms with Crippen molar-refractivity contribution < 1.29 is 4.42 Å². The number of furan rings is 1. The number of nitrogens with two attached hydrogens (primary N) is 1. The predicted octanol–water partition coefficient (Wildman–Crippen LogP) is 3.14. The van der Waals surface area contributed by atoms with E-state index in [0.29, 0.717) is 0 Å². The largest absolute Gasteiger partial charge is 0.464 e. The summed E-state index contributed by atoms with van der Waals surface area (Å²) < 4.78 is 5.80. The van der Waals surface area contributed by atoms with Crippen LogP contribution in [0.1, 0.15) is 43.6 Å². The number of hydrogen-bond donors (Lipinski definition) is 2. The van der Waals surface area contributed by atoms with Crippen molar-refractivity contribution in [2.24, 2.45) is 11.7 Å². The highest BCUT2D eigenvalue weighted by atomic mass is 32.2. The fourth-order valence-electron chi connectivity index (χ4n) is 2.64. The quantitative estimate of drug-likeness (QED) is 0.719. The number of nitrogens with one attached hydrogen (secondary N) is 1. The van der Waals surface area contributed by atoms with Crippen molar-refractivity contribution in [3.63, 3.8) is 0 Å². The summed E-state index contributed by atoms with van der Waals surface area (Å²) in [6.45, 7) is 2.73. The molecule has 2 rings (SSSR count). The molecular weight excluding hydrogens is 256 g/mol. The number of rotatable bonds is 8. The maximum Gasteiger partial charge on any atom is 0.117 e. The molecule has 1 heterocycles. The zero-order chi connectivity index (χ0) is 13.3. The van der Waals surface area contributed by atoms with Gasteiger partial charge in [0.2, 0.25) is 0 Å². The summed E-state index contributed by atoms with van der Waals surface area (Å²) in [5.41, 5.74) is 5.47. The van der Waals surface area contributed by atoms with Gasteiger partial charge in [-0.1, -0.05) is 19.3 Å². The molecular formula is C15H26N2OS. The number of hydrogen-bond acceptors (Lipinski definition) is 4. The van der Waals surface area contributed by atoms with Gasteiger partial charge in [0.1, 0.15) is 11.5 Å². The Morgan fingerprint density at radius 3 is 2.79 bits per heavy atom. The Balaban J connectivity index is 1.62. The minimum Gasteiger partial charge on any atom is -0.464 e. The minimum absolute atomic E-state index is 0.737. The highest BCUT2D eigenvalue weighted by Gasteiger charge is 2.12. The molecule has 108 valence electrons. The highest BCUT2D eigenvalue weighted by Crippen LogP contribution is 2.23. The van der Waals surface area contributed by atoms with Crippen LogP contribution in [0.4, 0.5) is 0 Å². The van der Waals surface area contributed by atoms with E-state index in [1.807, 2.05) is 11.8 Å². The van der Waals surface area contributed by atoms with Crippen LogP contribution in [0.5, 0.6) is 0 Å². The van der Waals surface area contributed by atoms with Crippen LogP contribution >= 0.6 is 11.8 Å². The molecule has 0 unspecified atom stereocenters. The lowest BCUT2D eigenvalue weighted by Crippen LogP contribution is -2.23. The summed E-state index contributed by atoms with van der Waals surface area (Å²) in [6, 6.07) is 4.17. The van der Waals surface area contributed by atoms with Gasteiger partial charge >= 0.3 is 0 Å². The third kappa shape index (κ3) is 5.59. The summed E-state index contributed by atoms with van der Waals surface area (Å²) in [5.74, 6) is 4.92. The second-order valence-electron chi connectivity index (χ2n) is 5.34. The van der Waals surface area contributed by atoms with E-state index in [9.17, 15) is 0 Å². The first-order chi connectivity index (χ1) is 9.38. The molecule has 0 bridgehead atoms. The standard InChI is InChI=1S/C15H26N2OS/c16-8-9-19-12-15-7-6-14(18-15)11-17-10-13-4-2-1-3-5-13/h6-7,13,17H,1-5,8-12,16H2. The van der Waals surface area contributed by atoms with Crippen molar-refractivity contribution in [3.8, 4) is 0 Å². The van der Waals surface area contributed by atoms with E-state index in [2.05, 4.69) is 17.4 Å². The predicted molar refractivity (Wildman–Crippen MR) is 82.2 cm³/mol. The Hall–Kier alpha value is -0.450. The number of thioether (sulfide) groups is 1. The minimum atomic E-state index is 0.737. The lowest BCUT2D eigenvalue weighted by Gasteiger charge is -2.21. The average molecular weight is 282 g/mol. The fraction of sp³-hybridized carbons (Fsp3) is 0.733. The van der Waals surface area contributed by atoms with Gasteiger partial charge in [-0.2, -0.15) is 11.8 Å². The third-order valence-corrected chi connectivity index (χ3v) is 4.69. The van der Waals surface area contributed by atoms with E-state index in [-0.39, 0.29) is 0 Å². The van der Waals surface area contributed by atoms with Crippen LogP contribution in [0.25, 0.3) is 0 Å². The zero-order valence-electron chi connectivity index (χ0n) is 11.7. The van der Waals surface area contributed by atoms with E-state index < -0.39 is 0 Å². The zero-order valence-corrected chi connectivity index (χ0v) is 12.5. The van der Waals surface area contributed by atoms with Crippen molar-refractivity contribution in [1.29, 1.82) is 0 Å². The normalized spacial score (nSPS) is 16.9. The van der Waals surface area contributed by atoms with E-state index in [1.165, 1.54) is 32.1 Å². The third-order valence-electron chi connectivity index (χ3n) is 3.68. The Bertz CT molecular complexity index is 348. The van der Waals surface area contributed by atoms with Crippen LogP contribution in [-0.4, -0.2) is 18.8 Å². The van der Waals surface area contributed by atoms with Crippen LogP contribution in [0.3, 0.4) is 0 Å². The average Bonchev–Trinajstić information content (AvgIpc) is 2.88. The first-order valence-electron chi connectivity index (χ1n) is 7.44. The molecule has 3 N–H and O–H groups in total. The summed E-state index contributed by atoms with van der Waals surface area (Å²) in [6.07, 6.45) is 7.04. The van der Waals surface area contributed by atoms with Crippen LogP contribution < -0.4 is 11.1 Å². The molecule has 1 aliphatic rings. The van der Waals surface area contributed by atoms with Gasteiger partial charge in [0.05, 0.1) is 12.3 Å². The van der Waals surface area contributed by atoms with Crippen molar-refractivity contribution >= 4 is 11.8 Å². The van der Waals surface area contributed by atoms with E-state index >= 15 is 0 Å². The monoisotopic (exact) mass is 282 g/mol. The van der Waals surface area contributed by atoms with Gasteiger partial charge < -0.3 is 15.5 Å². The second kappa shape index (κ2) is 8.67. The van der Waals surface area contributed by atoms with Crippen LogP contribution in [0.2, 0.25) is 0 Å². The van der Waals surface area contributed by atoms with Crippen LogP contribution in [0, 0.1) is 5.92 Å². The molecule has 4 heteroatoms. The topological polar surface area (TPSA) is 51.2 Å². The smallest absolute Gasteiger partial charge is 0.117 e. The molecule has 3 nitrogen and oxygen atoms in total. The van der Waals surface area contributed by atoms with Crippen LogP contribution in [0.15, 0.2) is 16.5 Å². The van der Waals surface area contributed by atoms with Crippen molar-refractivity contribution in [2.45, 2.75) is 44.4 Å². The Kier molecular flexibility index (Phi) is 6.82. The van der Waals surface area contributed by atoms with Gasteiger partial charge in [-0.05, 0) is 37.4 Å². The van der Waals surface area contributed by atoms with Crippen molar-refractivity contribution in [3.05, 3.63) is 23.7 Å². The maximum atomic E-state index is 5.80. The summed E-state index contributed by atoms with van der Waals surface area (Å²) in [4.78, 5) is 0. The molecule has 1 aromatic heterocycles. The molecule has 19 heavy (non-hydrogen) atoms. The van der Waals surface area contributed by atoms with Crippen LogP contribution in [-0.2, 0) is 12.3 Å². The molecule has 0 aliphatic heterocycles. The summed E-state index contributed by atoms with van der Waals surface area (Å²) in [7, 11) is 0. The highest BCUT2D eigenvalue weighted by molar-refractivity contribution is 7.98.